The number of benzene rings is 7. The fraction of sp³-hybridized carbons (Fsp3) is 0.0652. The van der Waals surface area contributed by atoms with E-state index in [1.54, 1.807) is 0 Å². The molecule has 7 aromatic carbocycles. The predicted octanol–water partition coefficient (Wildman–Crippen LogP) is 10.6. The van der Waals surface area contributed by atoms with Gasteiger partial charge in [-0.1, -0.05) is 146 Å². The van der Waals surface area contributed by atoms with E-state index < -0.39 is 11.0 Å². The molecule has 10 rings (SSSR count). The molecule has 0 bridgehead atoms. The first-order valence-electron chi connectivity index (χ1n) is 16.9. The van der Waals surface area contributed by atoms with E-state index in [1.807, 2.05) is 0 Å². The number of nitrogens with zero attached hydrogens (tertiary/aromatic N) is 1. The first kappa shape index (κ1) is 27.9. The molecule has 0 saturated heterocycles. The van der Waals surface area contributed by atoms with Crippen LogP contribution in [0.25, 0.3) is 27.6 Å². The van der Waals surface area contributed by atoms with Crippen LogP contribution in [0.3, 0.4) is 0 Å². The second-order valence-corrected chi connectivity index (χ2v) is 13.4. The maximum atomic E-state index is 6.82. The standard InChI is InChI=1S/C46H32N2O/c1-45(34-15-3-2-4-16-34)29-41(32-24-23-30-13-5-6-14-31(30)27-32)47-44(48-45)33-25-26-40-43(28-33)49-42-22-12-11-21-39(42)46(40)37-19-9-7-17-35(37)36-18-8-10-20-38(36)46/h2-29H,1H3,(H,47,48). The van der Waals surface area contributed by atoms with Gasteiger partial charge in [-0.3, -0.25) is 4.99 Å². The summed E-state index contributed by atoms with van der Waals surface area (Å²) >= 11 is 0. The van der Waals surface area contributed by atoms with Gasteiger partial charge in [0.25, 0.3) is 0 Å². The zero-order valence-corrected chi connectivity index (χ0v) is 27.0. The van der Waals surface area contributed by atoms with Crippen LogP contribution in [0.4, 0.5) is 0 Å². The molecule has 7 aromatic rings. The number of fused-ring (bicyclic) bond motifs is 10. The van der Waals surface area contributed by atoms with Crippen LogP contribution < -0.4 is 10.1 Å². The normalized spacial score (nSPS) is 17.9. The lowest BCUT2D eigenvalue weighted by Gasteiger charge is -2.39. The van der Waals surface area contributed by atoms with Gasteiger partial charge < -0.3 is 10.1 Å². The number of ether oxygens (including phenoxy) is 1. The maximum Gasteiger partial charge on any atom is 0.134 e. The van der Waals surface area contributed by atoms with Crippen molar-refractivity contribution in [2.24, 2.45) is 4.99 Å². The second-order valence-electron chi connectivity index (χ2n) is 13.4. The lowest BCUT2D eigenvalue weighted by Crippen LogP contribution is -2.35. The molecule has 2 aliphatic heterocycles. The molecular weight excluding hydrogens is 597 g/mol. The lowest BCUT2D eigenvalue weighted by molar-refractivity contribution is 0.436. The molecule has 1 atom stereocenters. The largest absolute Gasteiger partial charge is 0.457 e. The summed E-state index contributed by atoms with van der Waals surface area (Å²) in [5.74, 6) is 2.53. The van der Waals surface area contributed by atoms with E-state index in [1.165, 1.54) is 38.6 Å². The van der Waals surface area contributed by atoms with Crippen molar-refractivity contribution in [2.45, 2.75) is 17.9 Å². The van der Waals surface area contributed by atoms with Crippen molar-refractivity contribution in [1.82, 2.24) is 5.32 Å². The SMILES string of the molecule is CC1(c2ccccc2)C=C(c2ccc3ccccc3c2)NC(c2ccc3c(c2)Oc2ccccc2C32c3ccccc3-c3ccccc32)=N1. The molecule has 3 aliphatic rings. The topological polar surface area (TPSA) is 33.6 Å². The average molecular weight is 629 g/mol. The van der Waals surface area contributed by atoms with E-state index in [0.717, 1.165) is 45.3 Å². The fourth-order valence-electron chi connectivity index (χ4n) is 8.32. The minimum atomic E-state index is -0.587. The van der Waals surface area contributed by atoms with Gasteiger partial charge >= 0.3 is 0 Å². The zero-order valence-electron chi connectivity index (χ0n) is 27.0. The minimum Gasteiger partial charge on any atom is -0.457 e. The van der Waals surface area contributed by atoms with Crippen LogP contribution >= 0.6 is 0 Å². The highest BCUT2D eigenvalue weighted by Crippen LogP contribution is 2.62. The molecule has 0 radical (unpaired) electrons. The quantitative estimate of drug-likeness (QED) is 0.211. The summed E-state index contributed by atoms with van der Waals surface area (Å²) < 4.78 is 6.82. The Bertz CT molecular complexity index is 2480. The van der Waals surface area contributed by atoms with Crippen molar-refractivity contribution in [3.63, 3.8) is 0 Å². The van der Waals surface area contributed by atoms with Gasteiger partial charge in [0.1, 0.15) is 22.9 Å². The predicted molar refractivity (Wildman–Crippen MR) is 199 cm³/mol. The van der Waals surface area contributed by atoms with Gasteiger partial charge in [0.15, 0.2) is 0 Å². The molecule has 3 nitrogen and oxygen atoms in total. The zero-order chi connectivity index (χ0) is 32.6. The van der Waals surface area contributed by atoms with Crippen LogP contribution in [-0.2, 0) is 11.0 Å². The third-order valence-corrected chi connectivity index (χ3v) is 10.6. The summed E-state index contributed by atoms with van der Waals surface area (Å²) in [6.07, 6.45) is 2.25. The van der Waals surface area contributed by atoms with E-state index in [-0.39, 0.29) is 0 Å². The number of amidine groups is 1. The van der Waals surface area contributed by atoms with E-state index in [2.05, 4.69) is 182 Å². The molecule has 0 amide bonds. The van der Waals surface area contributed by atoms with Crippen molar-refractivity contribution < 1.29 is 4.74 Å². The number of hydrogen-bond donors (Lipinski definition) is 1. The molecule has 0 saturated carbocycles. The Morgan fingerprint density at radius 3 is 1.90 bits per heavy atom. The second kappa shape index (κ2) is 10.4. The smallest absolute Gasteiger partial charge is 0.134 e. The van der Waals surface area contributed by atoms with Crippen molar-refractivity contribution in [3.8, 4) is 22.6 Å². The number of rotatable bonds is 3. The van der Waals surface area contributed by atoms with Crippen molar-refractivity contribution in [2.75, 3.05) is 0 Å². The molecule has 1 unspecified atom stereocenters. The van der Waals surface area contributed by atoms with Gasteiger partial charge in [0.2, 0.25) is 0 Å². The first-order chi connectivity index (χ1) is 24.1. The summed E-state index contributed by atoms with van der Waals surface area (Å²) in [5.41, 5.74) is 10.6. The Morgan fingerprint density at radius 2 is 1.12 bits per heavy atom. The van der Waals surface area contributed by atoms with Gasteiger partial charge in [-0.15, -0.1) is 0 Å². The van der Waals surface area contributed by atoms with Gasteiger partial charge in [-0.05, 0) is 75.4 Å². The van der Waals surface area contributed by atoms with Crippen molar-refractivity contribution in [1.29, 1.82) is 0 Å². The molecule has 232 valence electrons. The van der Waals surface area contributed by atoms with Crippen molar-refractivity contribution >= 4 is 22.3 Å². The molecule has 1 aliphatic carbocycles. The Labute approximate surface area is 285 Å². The molecular formula is C46H32N2O. The summed E-state index contributed by atoms with van der Waals surface area (Å²) in [6.45, 7) is 2.19. The number of nitrogens with one attached hydrogen (secondary N) is 1. The highest BCUT2D eigenvalue weighted by Gasteiger charge is 2.51. The minimum absolute atomic E-state index is 0.494. The average Bonchev–Trinajstić information content (AvgIpc) is 3.45. The highest BCUT2D eigenvalue weighted by molar-refractivity contribution is 6.06. The van der Waals surface area contributed by atoms with Crippen LogP contribution in [0.2, 0.25) is 0 Å². The van der Waals surface area contributed by atoms with Crippen LogP contribution in [0, 0.1) is 0 Å². The van der Waals surface area contributed by atoms with Gasteiger partial charge in [-0.2, -0.15) is 0 Å². The van der Waals surface area contributed by atoms with Crippen LogP contribution in [0.5, 0.6) is 11.5 Å². The van der Waals surface area contributed by atoms with Crippen LogP contribution in [-0.4, -0.2) is 5.84 Å². The third-order valence-electron chi connectivity index (χ3n) is 10.6. The molecule has 1 spiro atoms. The number of aliphatic imine (C=N–C) groups is 1. The summed E-state index contributed by atoms with van der Waals surface area (Å²) in [4.78, 5) is 5.42. The molecule has 1 N–H and O–H groups in total. The fourth-order valence-corrected chi connectivity index (χ4v) is 8.32. The van der Waals surface area contributed by atoms with Crippen LogP contribution in [0.15, 0.2) is 175 Å². The monoisotopic (exact) mass is 628 g/mol. The molecule has 0 aromatic heterocycles. The van der Waals surface area contributed by atoms with Gasteiger partial charge in [0.05, 0.1) is 5.41 Å². The Balaban J connectivity index is 1.16. The molecule has 49 heavy (non-hydrogen) atoms. The van der Waals surface area contributed by atoms with E-state index in [0.29, 0.717) is 0 Å². The van der Waals surface area contributed by atoms with E-state index >= 15 is 0 Å². The lowest BCUT2D eigenvalue weighted by atomic mass is 9.66. The molecule has 0 fully saturated rings. The van der Waals surface area contributed by atoms with E-state index in [9.17, 15) is 0 Å². The Hall–Kier alpha value is -6.19. The number of hydrogen-bond acceptors (Lipinski definition) is 3. The summed E-state index contributed by atoms with van der Waals surface area (Å²) in [7, 11) is 0. The first-order valence-corrected chi connectivity index (χ1v) is 16.9. The number of para-hydroxylation sites is 1. The van der Waals surface area contributed by atoms with E-state index in [4.69, 9.17) is 9.73 Å². The summed E-state index contributed by atoms with van der Waals surface area (Å²) in [6, 6.07) is 58.5. The Morgan fingerprint density at radius 1 is 0.510 bits per heavy atom. The van der Waals surface area contributed by atoms with Crippen molar-refractivity contribution in [3.05, 3.63) is 209 Å². The van der Waals surface area contributed by atoms with Gasteiger partial charge in [-0.25, -0.2) is 0 Å². The highest BCUT2D eigenvalue weighted by atomic mass is 16.5. The van der Waals surface area contributed by atoms with Gasteiger partial charge in [0, 0.05) is 22.4 Å². The molecule has 3 heteroatoms. The molecule has 2 heterocycles. The van der Waals surface area contributed by atoms with Crippen LogP contribution in [0.1, 0.15) is 45.9 Å². The third kappa shape index (κ3) is 4.06. The Kier molecular flexibility index (Phi) is 5.92. The maximum absolute atomic E-state index is 6.82. The summed E-state index contributed by atoms with van der Waals surface area (Å²) in [5, 5.41) is 6.18.